The van der Waals surface area contributed by atoms with Gasteiger partial charge in [-0.25, -0.2) is 8.78 Å². The van der Waals surface area contributed by atoms with E-state index in [4.69, 9.17) is 10.8 Å². The maximum atomic E-state index is 12.3. The van der Waals surface area contributed by atoms with Gasteiger partial charge in [-0.15, -0.1) is 0 Å². The van der Waals surface area contributed by atoms with E-state index in [0.717, 1.165) is 5.56 Å². The minimum Gasteiger partial charge on any atom is -0.395 e. The first-order chi connectivity index (χ1) is 8.52. The molecule has 0 radical (unpaired) electrons. The fourth-order valence-corrected chi connectivity index (χ4v) is 1.60. The number of halogens is 2. The van der Waals surface area contributed by atoms with E-state index in [1.807, 2.05) is 0 Å². The van der Waals surface area contributed by atoms with Crippen LogP contribution in [-0.2, 0) is 6.54 Å². The van der Waals surface area contributed by atoms with Gasteiger partial charge in [0, 0.05) is 18.7 Å². The molecule has 0 unspecified atom stereocenters. The molecule has 100 valence electrons. The lowest BCUT2D eigenvalue weighted by Gasteiger charge is -2.20. The highest BCUT2D eigenvalue weighted by Crippen LogP contribution is 2.09. The number of rotatable bonds is 7. The molecule has 0 aliphatic heterocycles. The number of hydrogen-bond donors (Lipinski definition) is 2. The van der Waals surface area contributed by atoms with Gasteiger partial charge in [0.25, 0.3) is 6.43 Å². The van der Waals surface area contributed by atoms with Crippen LogP contribution < -0.4 is 5.73 Å². The number of carbonyl (C=O) groups excluding carboxylic acids is 1. The normalized spacial score (nSPS) is 11.2. The highest BCUT2D eigenvalue weighted by Gasteiger charge is 2.12. The molecule has 0 atom stereocenters. The van der Waals surface area contributed by atoms with Crippen molar-refractivity contribution in [1.82, 2.24) is 4.90 Å². The van der Waals surface area contributed by atoms with Crippen molar-refractivity contribution in [2.24, 2.45) is 5.73 Å². The lowest BCUT2D eigenvalue weighted by molar-refractivity contribution is 0.0746. The van der Waals surface area contributed by atoms with E-state index in [-0.39, 0.29) is 13.2 Å². The Kier molecular flexibility index (Phi) is 5.67. The Morgan fingerprint density at radius 1 is 1.33 bits per heavy atom. The molecule has 3 N–H and O–H groups in total. The zero-order chi connectivity index (χ0) is 13.5. The summed E-state index contributed by atoms with van der Waals surface area (Å²) in [7, 11) is 0. The first kappa shape index (κ1) is 14.5. The summed E-state index contributed by atoms with van der Waals surface area (Å²) < 4.78 is 24.6. The van der Waals surface area contributed by atoms with Gasteiger partial charge >= 0.3 is 0 Å². The van der Waals surface area contributed by atoms with Crippen LogP contribution in [0.3, 0.4) is 0 Å². The standard InChI is InChI=1S/C12H16F2N2O2/c13-11(14)8-16(5-6-17)7-9-1-3-10(4-2-9)12(15)18/h1-4,11,17H,5-8H2,(H2,15,18). The fourth-order valence-electron chi connectivity index (χ4n) is 1.60. The molecule has 1 aromatic rings. The molecule has 1 aromatic carbocycles. The van der Waals surface area contributed by atoms with Crippen LogP contribution in [0.5, 0.6) is 0 Å². The maximum Gasteiger partial charge on any atom is 0.251 e. The third-order valence-corrected chi connectivity index (χ3v) is 2.46. The minimum atomic E-state index is -2.44. The number of aliphatic hydroxyl groups excluding tert-OH is 1. The smallest absolute Gasteiger partial charge is 0.251 e. The molecular weight excluding hydrogens is 242 g/mol. The number of aliphatic hydroxyl groups is 1. The molecule has 4 nitrogen and oxygen atoms in total. The SMILES string of the molecule is NC(=O)c1ccc(CN(CCO)CC(F)F)cc1. The van der Waals surface area contributed by atoms with Crippen molar-refractivity contribution >= 4 is 5.91 Å². The Labute approximate surface area is 104 Å². The summed E-state index contributed by atoms with van der Waals surface area (Å²) in [6.07, 6.45) is -2.44. The van der Waals surface area contributed by atoms with Gasteiger partial charge in [-0.05, 0) is 17.7 Å². The van der Waals surface area contributed by atoms with Gasteiger partial charge in [-0.3, -0.25) is 9.69 Å². The molecule has 18 heavy (non-hydrogen) atoms. The molecule has 0 heterocycles. The average molecular weight is 258 g/mol. The Morgan fingerprint density at radius 2 is 1.94 bits per heavy atom. The van der Waals surface area contributed by atoms with E-state index < -0.39 is 18.9 Å². The van der Waals surface area contributed by atoms with Crippen molar-refractivity contribution in [1.29, 1.82) is 0 Å². The van der Waals surface area contributed by atoms with Gasteiger partial charge in [0.15, 0.2) is 0 Å². The largest absolute Gasteiger partial charge is 0.395 e. The molecule has 0 saturated carbocycles. The molecule has 0 aromatic heterocycles. The third-order valence-electron chi connectivity index (χ3n) is 2.46. The summed E-state index contributed by atoms with van der Waals surface area (Å²) in [6.45, 7) is -0.0872. The van der Waals surface area contributed by atoms with Gasteiger partial charge in [0.2, 0.25) is 5.91 Å². The van der Waals surface area contributed by atoms with Crippen LogP contribution in [0.25, 0.3) is 0 Å². The predicted octanol–water partition coefficient (Wildman–Crippen LogP) is 0.845. The van der Waals surface area contributed by atoms with Crippen molar-refractivity contribution in [3.8, 4) is 0 Å². The molecule has 0 spiro atoms. The summed E-state index contributed by atoms with van der Waals surface area (Å²) in [5.41, 5.74) is 6.26. The summed E-state index contributed by atoms with van der Waals surface area (Å²) in [5, 5.41) is 8.80. The summed E-state index contributed by atoms with van der Waals surface area (Å²) in [5.74, 6) is -0.527. The second-order valence-corrected chi connectivity index (χ2v) is 3.91. The number of nitrogens with two attached hydrogens (primary N) is 1. The highest BCUT2D eigenvalue weighted by molar-refractivity contribution is 5.92. The van der Waals surface area contributed by atoms with E-state index >= 15 is 0 Å². The fraction of sp³-hybridized carbons (Fsp3) is 0.417. The predicted molar refractivity (Wildman–Crippen MR) is 63.3 cm³/mol. The van der Waals surface area contributed by atoms with Crippen molar-refractivity contribution in [3.05, 3.63) is 35.4 Å². The van der Waals surface area contributed by atoms with E-state index in [9.17, 15) is 13.6 Å². The topological polar surface area (TPSA) is 66.6 Å². The number of benzene rings is 1. The van der Waals surface area contributed by atoms with Crippen LogP contribution in [-0.4, -0.2) is 42.0 Å². The van der Waals surface area contributed by atoms with Gasteiger partial charge in [-0.2, -0.15) is 0 Å². The number of amides is 1. The van der Waals surface area contributed by atoms with E-state index in [1.54, 1.807) is 24.3 Å². The minimum absolute atomic E-state index is 0.175. The molecule has 1 amide bonds. The van der Waals surface area contributed by atoms with Crippen molar-refractivity contribution in [2.45, 2.75) is 13.0 Å². The van der Waals surface area contributed by atoms with E-state index in [1.165, 1.54) is 4.90 Å². The average Bonchev–Trinajstić information content (AvgIpc) is 2.29. The first-order valence-corrected chi connectivity index (χ1v) is 5.53. The van der Waals surface area contributed by atoms with Gasteiger partial charge < -0.3 is 10.8 Å². The van der Waals surface area contributed by atoms with Crippen LogP contribution >= 0.6 is 0 Å². The van der Waals surface area contributed by atoms with Crippen LogP contribution in [0.4, 0.5) is 8.78 Å². The molecular formula is C12H16F2N2O2. The Morgan fingerprint density at radius 3 is 2.39 bits per heavy atom. The lowest BCUT2D eigenvalue weighted by Crippen LogP contribution is -2.31. The summed E-state index contributed by atoms with van der Waals surface area (Å²) in [6, 6.07) is 6.43. The van der Waals surface area contributed by atoms with Crippen LogP contribution in [0, 0.1) is 0 Å². The van der Waals surface area contributed by atoms with E-state index in [0.29, 0.717) is 12.1 Å². The first-order valence-electron chi connectivity index (χ1n) is 5.53. The Bertz CT molecular complexity index is 382. The zero-order valence-electron chi connectivity index (χ0n) is 9.85. The quantitative estimate of drug-likeness (QED) is 0.761. The van der Waals surface area contributed by atoms with Crippen molar-refractivity contribution in [3.63, 3.8) is 0 Å². The van der Waals surface area contributed by atoms with Gasteiger partial charge in [-0.1, -0.05) is 12.1 Å². The Hall–Kier alpha value is -1.53. The molecule has 0 aliphatic carbocycles. The van der Waals surface area contributed by atoms with Crippen LogP contribution in [0.1, 0.15) is 15.9 Å². The molecule has 6 heteroatoms. The number of alkyl halides is 2. The molecule has 0 fully saturated rings. The van der Waals surface area contributed by atoms with Gasteiger partial charge in [0.1, 0.15) is 0 Å². The molecule has 0 aliphatic rings. The second kappa shape index (κ2) is 7.03. The Balaban J connectivity index is 2.65. The number of nitrogens with zero attached hydrogens (tertiary/aromatic N) is 1. The molecule has 1 rings (SSSR count). The molecule has 0 bridgehead atoms. The highest BCUT2D eigenvalue weighted by atomic mass is 19.3. The maximum absolute atomic E-state index is 12.3. The van der Waals surface area contributed by atoms with Crippen LogP contribution in [0.15, 0.2) is 24.3 Å². The second-order valence-electron chi connectivity index (χ2n) is 3.91. The van der Waals surface area contributed by atoms with Crippen LogP contribution in [0.2, 0.25) is 0 Å². The lowest BCUT2D eigenvalue weighted by atomic mass is 10.1. The van der Waals surface area contributed by atoms with E-state index in [2.05, 4.69) is 0 Å². The third kappa shape index (κ3) is 4.77. The number of primary amides is 1. The summed E-state index contributed by atoms with van der Waals surface area (Å²) in [4.78, 5) is 12.3. The van der Waals surface area contributed by atoms with Gasteiger partial charge in [0.05, 0.1) is 13.2 Å². The summed E-state index contributed by atoms with van der Waals surface area (Å²) >= 11 is 0. The zero-order valence-corrected chi connectivity index (χ0v) is 9.85. The van der Waals surface area contributed by atoms with Crippen molar-refractivity contribution < 1.29 is 18.7 Å². The monoisotopic (exact) mass is 258 g/mol. The molecule has 0 saturated heterocycles. The van der Waals surface area contributed by atoms with Crippen molar-refractivity contribution in [2.75, 3.05) is 19.7 Å². The number of carbonyl (C=O) groups is 1. The number of hydrogen-bond acceptors (Lipinski definition) is 3.